The van der Waals surface area contributed by atoms with Crippen molar-refractivity contribution in [2.45, 2.75) is 38.7 Å². The number of aryl methyl sites for hydroxylation is 1. The van der Waals surface area contributed by atoms with Gasteiger partial charge in [-0.2, -0.15) is 0 Å². The molecule has 0 atom stereocenters. The zero-order valence-electron chi connectivity index (χ0n) is 14.6. The number of ether oxygens (including phenoxy) is 1. The number of ketones is 1. The van der Waals surface area contributed by atoms with Crippen LogP contribution < -0.4 is 11.5 Å². The molecule has 4 N–H and O–H groups in total. The van der Waals surface area contributed by atoms with Gasteiger partial charge in [0.1, 0.15) is 5.60 Å². The highest BCUT2D eigenvalue weighted by Crippen LogP contribution is 2.22. The van der Waals surface area contributed by atoms with Crippen LogP contribution in [0.2, 0.25) is 0 Å². The molecule has 25 heavy (non-hydrogen) atoms. The van der Waals surface area contributed by atoms with Crippen molar-refractivity contribution in [2.75, 3.05) is 5.73 Å². The molecule has 0 spiro atoms. The third-order valence-corrected chi connectivity index (χ3v) is 4.05. The molecule has 0 aromatic heterocycles. The summed E-state index contributed by atoms with van der Waals surface area (Å²) in [5, 5.41) is 0. The Labute approximate surface area is 148 Å². The predicted octanol–water partition coefficient (Wildman–Crippen LogP) is 3.70. The van der Waals surface area contributed by atoms with E-state index in [9.17, 15) is 9.59 Å². The van der Waals surface area contributed by atoms with Gasteiger partial charge < -0.3 is 16.2 Å². The van der Waals surface area contributed by atoms with Crippen molar-refractivity contribution in [1.82, 2.24) is 0 Å². The lowest BCUT2D eigenvalue weighted by Gasteiger charge is -2.23. The van der Waals surface area contributed by atoms with Crippen molar-refractivity contribution < 1.29 is 14.3 Å². The van der Waals surface area contributed by atoms with E-state index < -0.39 is 11.7 Å². The molecule has 0 radical (unpaired) electrons. The van der Waals surface area contributed by atoms with Gasteiger partial charge in [-0.25, -0.2) is 4.79 Å². The molecule has 0 saturated heterocycles. The van der Waals surface area contributed by atoms with Gasteiger partial charge in [0, 0.05) is 16.8 Å². The Kier molecular flexibility index (Phi) is 5.80. The van der Waals surface area contributed by atoms with Crippen LogP contribution in [0.5, 0.6) is 0 Å². The van der Waals surface area contributed by atoms with Crippen molar-refractivity contribution >= 4 is 17.6 Å². The summed E-state index contributed by atoms with van der Waals surface area (Å²) in [6.07, 6.45) is 1.42. The fraction of sp³-hybridized carbons (Fsp3) is 0.300. The zero-order chi connectivity index (χ0) is 18.4. The monoisotopic (exact) mass is 340 g/mol. The molecule has 0 heterocycles. The topological polar surface area (TPSA) is 95.4 Å². The minimum Gasteiger partial charge on any atom is -0.444 e. The van der Waals surface area contributed by atoms with Crippen LogP contribution in [0.4, 0.5) is 10.5 Å². The highest BCUT2D eigenvalue weighted by Gasteiger charge is 2.21. The first-order valence-electron chi connectivity index (χ1n) is 8.25. The molecule has 0 unspecified atom stereocenters. The summed E-state index contributed by atoms with van der Waals surface area (Å²) < 4.78 is 5.07. The molecule has 2 rings (SSSR count). The number of primary amides is 1. The highest BCUT2D eigenvalue weighted by atomic mass is 16.6. The van der Waals surface area contributed by atoms with Gasteiger partial charge in [-0.3, -0.25) is 4.79 Å². The molecule has 0 aliphatic rings. The molecule has 132 valence electrons. The van der Waals surface area contributed by atoms with E-state index in [2.05, 4.69) is 0 Å². The van der Waals surface area contributed by atoms with E-state index in [0.717, 1.165) is 18.4 Å². The van der Waals surface area contributed by atoms with Gasteiger partial charge in [-0.1, -0.05) is 42.5 Å². The molecule has 1 amide bonds. The van der Waals surface area contributed by atoms with Gasteiger partial charge in [-0.15, -0.1) is 0 Å². The first kappa shape index (κ1) is 18.5. The van der Waals surface area contributed by atoms with Crippen molar-refractivity contribution in [3.8, 4) is 0 Å². The average Bonchev–Trinajstić information content (AvgIpc) is 2.55. The van der Waals surface area contributed by atoms with E-state index in [4.69, 9.17) is 16.2 Å². The SMILES string of the molecule is CC(C)(CCCc1ccc(C(=O)c2ccccc2)cc1N)OC(N)=O. The lowest BCUT2D eigenvalue weighted by molar-refractivity contribution is 0.0378. The van der Waals surface area contributed by atoms with E-state index in [1.54, 1.807) is 24.3 Å². The molecule has 2 aromatic carbocycles. The standard InChI is InChI=1S/C20H24N2O3/c1-20(2,25-19(22)24)12-6-9-14-10-11-16(13-17(14)21)18(23)15-7-4-3-5-8-15/h3-5,7-8,10-11,13H,6,9,12,21H2,1-2H3,(H2,22,24). The van der Waals surface area contributed by atoms with Crippen LogP contribution in [-0.4, -0.2) is 17.5 Å². The van der Waals surface area contributed by atoms with Gasteiger partial charge in [0.15, 0.2) is 5.78 Å². The first-order valence-corrected chi connectivity index (χ1v) is 8.25. The smallest absolute Gasteiger partial charge is 0.405 e. The first-order chi connectivity index (χ1) is 11.8. The van der Waals surface area contributed by atoms with Gasteiger partial charge in [0.2, 0.25) is 0 Å². The minimum atomic E-state index is -0.770. The summed E-state index contributed by atoms with van der Waals surface area (Å²) in [4.78, 5) is 23.3. The fourth-order valence-electron chi connectivity index (χ4n) is 2.75. The van der Waals surface area contributed by atoms with E-state index in [0.29, 0.717) is 23.2 Å². The number of nitrogen functional groups attached to an aromatic ring is 1. The number of benzene rings is 2. The number of hydrogen-bond donors (Lipinski definition) is 2. The van der Waals surface area contributed by atoms with E-state index in [-0.39, 0.29) is 5.78 Å². The summed E-state index contributed by atoms with van der Waals surface area (Å²) >= 11 is 0. The Morgan fingerprint density at radius 3 is 2.32 bits per heavy atom. The van der Waals surface area contributed by atoms with Gasteiger partial charge in [0.25, 0.3) is 0 Å². The predicted molar refractivity (Wildman–Crippen MR) is 98.4 cm³/mol. The third-order valence-electron chi connectivity index (χ3n) is 4.05. The largest absolute Gasteiger partial charge is 0.444 e. The number of anilines is 1. The van der Waals surface area contributed by atoms with Crippen LogP contribution in [0.3, 0.4) is 0 Å². The van der Waals surface area contributed by atoms with Gasteiger partial charge >= 0.3 is 6.09 Å². The number of rotatable bonds is 7. The average molecular weight is 340 g/mol. The molecule has 5 nitrogen and oxygen atoms in total. The molecule has 0 aliphatic heterocycles. The maximum absolute atomic E-state index is 12.4. The maximum atomic E-state index is 12.4. The Balaban J connectivity index is 2.00. The lowest BCUT2D eigenvalue weighted by atomic mass is 9.96. The van der Waals surface area contributed by atoms with E-state index >= 15 is 0 Å². The molecule has 0 aliphatic carbocycles. The molecule has 2 aromatic rings. The van der Waals surface area contributed by atoms with Crippen LogP contribution in [-0.2, 0) is 11.2 Å². The fourth-order valence-corrected chi connectivity index (χ4v) is 2.75. The van der Waals surface area contributed by atoms with Crippen LogP contribution >= 0.6 is 0 Å². The summed E-state index contributed by atoms with van der Waals surface area (Å²) in [6.45, 7) is 3.64. The number of nitrogens with two attached hydrogens (primary N) is 2. The van der Waals surface area contributed by atoms with E-state index in [1.165, 1.54) is 0 Å². The van der Waals surface area contributed by atoms with Crippen molar-refractivity contribution in [3.05, 3.63) is 65.2 Å². The minimum absolute atomic E-state index is 0.0464. The maximum Gasteiger partial charge on any atom is 0.405 e. The Morgan fingerprint density at radius 1 is 1.04 bits per heavy atom. The van der Waals surface area contributed by atoms with Crippen molar-refractivity contribution in [3.63, 3.8) is 0 Å². The molecule has 5 heteroatoms. The number of carbonyl (C=O) groups is 2. The molecular formula is C20H24N2O3. The Hall–Kier alpha value is -2.82. The van der Waals surface area contributed by atoms with Gasteiger partial charge in [-0.05, 0) is 44.7 Å². The highest BCUT2D eigenvalue weighted by molar-refractivity contribution is 6.09. The number of carbonyl (C=O) groups excluding carboxylic acids is 2. The zero-order valence-corrected chi connectivity index (χ0v) is 14.6. The summed E-state index contributed by atoms with van der Waals surface area (Å²) in [5.74, 6) is -0.0464. The molecule has 0 bridgehead atoms. The summed E-state index contributed by atoms with van der Waals surface area (Å²) in [7, 11) is 0. The summed E-state index contributed by atoms with van der Waals surface area (Å²) in [6, 6.07) is 14.5. The number of hydrogen-bond acceptors (Lipinski definition) is 4. The third kappa shape index (κ3) is 5.35. The number of amides is 1. The van der Waals surface area contributed by atoms with Crippen LogP contribution in [0.1, 0.15) is 48.2 Å². The quantitative estimate of drug-likeness (QED) is 0.593. The van der Waals surface area contributed by atoms with Crippen molar-refractivity contribution in [1.29, 1.82) is 0 Å². The second-order valence-electron chi connectivity index (χ2n) is 6.64. The van der Waals surface area contributed by atoms with Crippen LogP contribution in [0, 0.1) is 0 Å². The molecular weight excluding hydrogens is 316 g/mol. The molecule has 0 fully saturated rings. The second-order valence-corrected chi connectivity index (χ2v) is 6.64. The van der Waals surface area contributed by atoms with Gasteiger partial charge in [0.05, 0.1) is 0 Å². The lowest BCUT2D eigenvalue weighted by Crippen LogP contribution is -2.31. The Morgan fingerprint density at radius 2 is 1.72 bits per heavy atom. The van der Waals surface area contributed by atoms with E-state index in [1.807, 2.05) is 38.1 Å². The summed E-state index contributed by atoms with van der Waals surface area (Å²) in [5.41, 5.74) is 13.3. The normalized spacial score (nSPS) is 11.1. The van der Waals surface area contributed by atoms with Crippen LogP contribution in [0.15, 0.2) is 48.5 Å². The second kappa shape index (κ2) is 7.83. The van der Waals surface area contributed by atoms with Crippen molar-refractivity contribution in [2.24, 2.45) is 5.73 Å². The molecule has 0 saturated carbocycles. The van der Waals surface area contributed by atoms with Crippen LogP contribution in [0.25, 0.3) is 0 Å². The Bertz CT molecular complexity index is 755.